The van der Waals surface area contributed by atoms with Crippen LogP contribution in [0.3, 0.4) is 0 Å². The van der Waals surface area contributed by atoms with E-state index in [0.717, 1.165) is 34.4 Å². The smallest absolute Gasteiger partial charge is 0.265 e. The topological polar surface area (TPSA) is 61.9 Å². The van der Waals surface area contributed by atoms with Gasteiger partial charge in [0.1, 0.15) is 11.4 Å². The van der Waals surface area contributed by atoms with Gasteiger partial charge in [-0.1, -0.05) is 17.7 Å². The highest BCUT2D eigenvalue weighted by Crippen LogP contribution is 2.34. The second kappa shape index (κ2) is 6.17. The average molecular weight is 371 g/mol. The standard InChI is InChI=1S/C18H15ClN4OS/c1-11-15-10-16(17(24)22(8-7-20)13-5-6-13)25-18(15)23(21-11)14-4-2-3-12(19)9-14/h2-4,9-10,13H,5-6,8H2,1H3. The number of rotatable bonds is 4. The molecule has 0 spiro atoms. The van der Waals surface area contributed by atoms with Crippen LogP contribution in [-0.2, 0) is 0 Å². The van der Waals surface area contributed by atoms with Gasteiger partial charge in [-0.3, -0.25) is 4.79 Å². The van der Waals surface area contributed by atoms with Crippen LogP contribution < -0.4 is 0 Å². The number of thiophene rings is 1. The zero-order chi connectivity index (χ0) is 17.6. The van der Waals surface area contributed by atoms with Gasteiger partial charge in [0.25, 0.3) is 5.91 Å². The molecule has 0 atom stereocenters. The van der Waals surface area contributed by atoms with Crippen LogP contribution in [0.2, 0.25) is 5.02 Å². The van der Waals surface area contributed by atoms with Gasteiger partial charge in [-0.15, -0.1) is 11.3 Å². The summed E-state index contributed by atoms with van der Waals surface area (Å²) >= 11 is 7.51. The van der Waals surface area contributed by atoms with Gasteiger partial charge in [-0.2, -0.15) is 10.4 Å². The number of fused-ring (bicyclic) bond motifs is 1. The van der Waals surface area contributed by atoms with E-state index in [-0.39, 0.29) is 18.5 Å². The first-order valence-electron chi connectivity index (χ1n) is 8.01. The van der Waals surface area contributed by atoms with E-state index in [4.69, 9.17) is 16.9 Å². The van der Waals surface area contributed by atoms with Crippen LogP contribution >= 0.6 is 22.9 Å². The third-order valence-corrected chi connectivity index (χ3v) is 5.63. The number of hydrogen-bond acceptors (Lipinski definition) is 4. The first kappa shape index (κ1) is 16.1. The molecule has 3 aromatic rings. The number of benzene rings is 1. The second-order valence-corrected chi connectivity index (χ2v) is 7.60. The van der Waals surface area contributed by atoms with Gasteiger partial charge in [0.05, 0.1) is 22.3 Å². The summed E-state index contributed by atoms with van der Waals surface area (Å²) in [6, 6.07) is 11.7. The molecule has 1 aromatic carbocycles. The minimum Gasteiger partial charge on any atom is -0.322 e. The van der Waals surface area contributed by atoms with Gasteiger partial charge in [-0.05, 0) is 44.0 Å². The molecule has 2 heterocycles. The molecule has 1 amide bonds. The second-order valence-electron chi connectivity index (χ2n) is 6.13. The normalized spacial score (nSPS) is 13.8. The zero-order valence-corrected chi connectivity index (χ0v) is 15.1. The summed E-state index contributed by atoms with van der Waals surface area (Å²) in [4.78, 5) is 16.1. The molecular weight excluding hydrogens is 356 g/mol. The lowest BCUT2D eigenvalue weighted by Gasteiger charge is -2.17. The largest absolute Gasteiger partial charge is 0.322 e. The van der Waals surface area contributed by atoms with E-state index in [1.807, 2.05) is 41.9 Å². The Bertz CT molecular complexity index is 1010. The fraction of sp³-hybridized carbons (Fsp3) is 0.278. The lowest BCUT2D eigenvalue weighted by Crippen LogP contribution is -2.32. The Balaban J connectivity index is 1.77. The van der Waals surface area contributed by atoms with Gasteiger partial charge in [0.15, 0.2) is 0 Å². The highest BCUT2D eigenvalue weighted by molar-refractivity contribution is 7.20. The van der Waals surface area contributed by atoms with Crippen molar-refractivity contribution in [2.45, 2.75) is 25.8 Å². The summed E-state index contributed by atoms with van der Waals surface area (Å²) in [6.45, 7) is 2.06. The van der Waals surface area contributed by atoms with Crippen molar-refractivity contribution in [2.24, 2.45) is 0 Å². The Labute approximate surface area is 154 Å². The fourth-order valence-corrected chi connectivity index (χ4v) is 4.23. The number of hydrogen-bond donors (Lipinski definition) is 0. The molecule has 1 aliphatic carbocycles. The SMILES string of the molecule is Cc1nn(-c2cccc(Cl)c2)c2sc(C(=O)N(CC#N)C3CC3)cc12. The lowest BCUT2D eigenvalue weighted by molar-refractivity contribution is 0.0770. The minimum atomic E-state index is -0.0673. The first-order valence-corrected chi connectivity index (χ1v) is 9.21. The monoisotopic (exact) mass is 370 g/mol. The Morgan fingerprint density at radius 3 is 2.96 bits per heavy atom. The van der Waals surface area contributed by atoms with E-state index in [2.05, 4.69) is 11.2 Å². The first-order chi connectivity index (χ1) is 12.1. The number of halogens is 1. The van der Waals surface area contributed by atoms with Crippen molar-refractivity contribution in [1.82, 2.24) is 14.7 Å². The molecule has 2 aromatic heterocycles. The van der Waals surface area contributed by atoms with Gasteiger partial charge in [0, 0.05) is 16.5 Å². The zero-order valence-electron chi connectivity index (χ0n) is 13.6. The van der Waals surface area contributed by atoms with E-state index in [1.165, 1.54) is 11.3 Å². The maximum absolute atomic E-state index is 12.8. The van der Waals surface area contributed by atoms with Crippen LogP contribution in [0.25, 0.3) is 15.9 Å². The van der Waals surface area contributed by atoms with E-state index >= 15 is 0 Å². The Hall–Kier alpha value is -2.36. The molecule has 0 bridgehead atoms. The van der Waals surface area contributed by atoms with Crippen LogP contribution in [0.15, 0.2) is 30.3 Å². The van der Waals surface area contributed by atoms with E-state index < -0.39 is 0 Å². The van der Waals surface area contributed by atoms with Crippen molar-refractivity contribution in [3.05, 3.63) is 45.9 Å². The number of nitriles is 1. The van der Waals surface area contributed by atoms with Crippen LogP contribution in [-0.4, -0.2) is 33.2 Å². The van der Waals surface area contributed by atoms with Crippen LogP contribution in [0.4, 0.5) is 0 Å². The maximum atomic E-state index is 12.8. The molecule has 126 valence electrons. The molecule has 7 heteroatoms. The summed E-state index contributed by atoms with van der Waals surface area (Å²) in [7, 11) is 0. The highest BCUT2D eigenvalue weighted by atomic mass is 35.5. The molecule has 25 heavy (non-hydrogen) atoms. The van der Waals surface area contributed by atoms with Crippen LogP contribution in [0.1, 0.15) is 28.2 Å². The number of nitrogens with zero attached hydrogens (tertiary/aromatic N) is 4. The molecule has 0 radical (unpaired) electrons. The Kier molecular flexibility index (Phi) is 3.98. The van der Waals surface area contributed by atoms with E-state index in [1.54, 1.807) is 4.90 Å². The van der Waals surface area contributed by atoms with Gasteiger partial charge >= 0.3 is 0 Å². The molecule has 0 aliphatic heterocycles. The number of amides is 1. The molecule has 4 rings (SSSR count). The number of aromatic nitrogens is 2. The lowest BCUT2D eigenvalue weighted by atomic mass is 10.3. The Morgan fingerprint density at radius 1 is 1.48 bits per heavy atom. The molecule has 1 aliphatic rings. The summed E-state index contributed by atoms with van der Waals surface area (Å²) < 4.78 is 1.82. The summed E-state index contributed by atoms with van der Waals surface area (Å²) in [5.74, 6) is -0.0673. The molecule has 1 fully saturated rings. The van der Waals surface area contributed by atoms with Crippen LogP contribution in [0, 0.1) is 18.3 Å². The predicted molar refractivity (Wildman–Crippen MR) is 98.4 cm³/mol. The van der Waals surface area contributed by atoms with Crippen molar-refractivity contribution in [3.8, 4) is 11.8 Å². The number of carbonyl (C=O) groups is 1. The van der Waals surface area contributed by atoms with Crippen molar-refractivity contribution >= 4 is 39.1 Å². The third-order valence-electron chi connectivity index (χ3n) is 4.30. The fourth-order valence-electron chi connectivity index (χ4n) is 2.91. The van der Waals surface area contributed by atoms with Crippen molar-refractivity contribution in [2.75, 3.05) is 6.54 Å². The molecule has 0 N–H and O–H groups in total. The van der Waals surface area contributed by atoms with Crippen molar-refractivity contribution < 1.29 is 4.79 Å². The molecule has 1 saturated carbocycles. The summed E-state index contributed by atoms with van der Waals surface area (Å²) in [5.41, 5.74) is 1.73. The van der Waals surface area contributed by atoms with E-state index in [0.29, 0.717) is 9.90 Å². The maximum Gasteiger partial charge on any atom is 0.265 e. The van der Waals surface area contributed by atoms with Gasteiger partial charge < -0.3 is 4.90 Å². The highest BCUT2D eigenvalue weighted by Gasteiger charge is 2.34. The third kappa shape index (κ3) is 2.90. The predicted octanol–water partition coefficient (Wildman–Crippen LogP) is 4.18. The summed E-state index contributed by atoms with van der Waals surface area (Å²) in [5, 5.41) is 15.2. The molecule has 0 unspecified atom stereocenters. The van der Waals surface area contributed by atoms with Gasteiger partial charge in [-0.25, -0.2) is 4.68 Å². The average Bonchev–Trinajstić information content (AvgIpc) is 3.26. The van der Waals surface area contributed by atoms with Gasteiger partial charge in [0.2, 0.25) is 0 Å². The van der Waals surface area contributed by atoms with E-state index in [9.17, 15) is 4.79 Å². The Morgan fingerprint density at radius 2 is 2.28 bits per heavy atom. The van der Waals surface area contributed by atoms with Crippen molar-refractivity contribution in [1.29, 1.82) is 5.26 Å². The quantitative estimate of drug-likeness (QED) is 0.647. The summed E-state index contributed by atoms with van der Waals surface area (Å²) in [6.07, 6.45) is 1.96. The number of aryl methyl sites for hydroxylation is 1. The van der Waals surface area contributed by atoms with Crippen molar-refractivity contribution in [3.63, 3.8) is 0 Å². The molecular formula is C18H15ClN4OS. The molecule has 5 nitrogen and oxygen atoms in total. The molecule has 0 saturated heterocycles. The minimum absolute atomic E-state index is 0.0673. The van der Waals surface area contributed by atoms with Crippen LogP contribution in [0.5, 0.6) is 0 Å². The number of carbonyl (C=O) groups excluding carboxylic acids is 1.